The minimum absolute atomic E-state index is 0.0176. The number of hydrogen-bond donors (Lipinski definition) is 2. The number of nitrogens with one attached hydrogen (secondary N) is 2. The Morgan fingerprint density at radius 1 is 0.875 bits per heavy atom. The largest absolute Gasteiger partial charge is 0.416 e. The summed E-state index contributed by atoms with van der Waals surface area (Å²) in [6.45, 7) is 1.68. The van der Waals surface area contributed by atoms with Gasteiger partial charge in [0.05, 0.1) is 28.0 Å². The monoisotopic (exact) mass is 597 g/mol. The molecule has 0 saturated carbocycles. The van der Waals surface area contributed by atoms with E-state index in [1.165, 1.54) is 40.7 Å². The quantitative estimate of drug-likeness (QED) is 0.344. The maximum Gasteiger partial charge on any atom is 0.416 e. The molecule has 1 fully saturated rings. The molecule has 4 rings (SSSR count). The van der Waals surface area contributed by atoms with Crippen molar-refractivity contribution in [1.82, 2.24) is 4.31 Å². The first-order chi connectivity index (χ1) is 18.8. The fourth-order valence-electron chi connectivity index (χ4n) is 4.11. The number of benzene rings is 3. The van der Waals surface area contributed by atoms with E-state index >= 15 is 0 Å². The highest BCUT2D eigenvalue weighted by atomic mass is 32.2. The second-order valence-corrected chi connectivity index (χ2v) is 12.6. The maximum absolute atomic E-state index is 13.3. The second-order valence-electron chi connectivity index (χ2n) is 9.14. The zero-order valence-corrected chi connectivity index (χ0v) is 22.8. The normalized spacial score (nSPS) is 16.6. The van der Waals surface area contributed by atoms with Gasteiger partial charge in [-0.15, -0.1) is 0 Å². The molecule has 0 radical (unpaired) electrons. The zero-order chi connectivity index (χ0) is 29.1. The molecule has 0 unspecified atom stereocenters. The number of hydrogen-bond acceptors (Lipinski definition) is 6. The Labute approximate surface area is 230 Å². The van der Waals surface area contributed by atoms with Gasteiger partial charge in [-0.25, -0.2) is 13.2 Å². The summed E-state index contributed by atoms with van der Waals surface area (Å²) < 4.78 is 96.1. The Kier molecular flexibility index (Phi) is 8.54. The molecule has 1 heterocycles. The van der Waals surface area contributed by atoms with Crippen LogP contribution in [0.5, 0.6) is 0 Å². The molecule has 3 aromatic rings. The van der Waals surface area contributed by atoms with Crippen LogP contribution >= 0.6 is 0 Å². The highest BCUT2D eigenvalue weighted by molar-refractivity contribution is 7.89. The van der Waals surface area contributed by atoms with Gasteiger partial charge in [0.25, 0.3) is 10.1 Å². The van der Waals surface area contributed by atoms with Gasteiger partial charge in [0, 0.05) is 17.9 Å². The summed E-state index contributed by atoms with van der Waals surface area (Å²) in [6, 6.07) is 13.9. The van der Waals surface area contributed by atoms with Crippen molar-refractivity contribution in [3.05, 3.63) is 83.9 Å². The van der Waals surface area contributed by atoms with E-state index in [-0.39, 0.29) is 34.3 Å². The second kappa shape index (κ2) is 11.6. The Balaban J connectivity index is 1.37. The zero-order valence-electron chi connectivity index (χ0n) is 21.2. The van der Waals surface area contributed by atoms with E-state index < -0.39 is 44.0 Å². The summed E-state index contributed by atoms with van der Waals surface area (Å²) in [5.74, 6) is 0. The van der Waals surface area contributed by atoms with Crippen LogP contribution in [-0.2, 0) is 30.5 Å². The van der Waals surface area contributed by atoms with Gasteiger partial charge in [0.1, 0.15) is 0 Å². The Hall–Kier alpha value is -3.46. The number of amides is 2. The number of nitrogens with zero attached hydrogens (tertiary/aromatic N) is 1. The molecule has 1 aliphatic rings. The summed E-state index contributed by atoms with van der Waals surface area (Å²) in [4.78, 5) is 12.2. The molecule has 1 atom stereocenters. The number of urea groups is 1. The van der Waals surface area contributed by atoms with Crippen molar-refractivity contribution in [2.24, 2.45) is 0 Å². The fourth-order valence-corrected chi connectivity index (χ4v) is 6.74. The lowest BCUT2D eigenvalue weighted by atomic mass is 10.2. The minimum Gasteiger partial charge on any atom is -0.308 e. The molecule has 214 valence electrons. The van der Waals surface area contributed by atoms with Gasteiger partial charge < -0.3 is 10.6 Å². The lowest BCUT2D eigenvalue weighted by Crippen LogP contribution is -2.38. The average molecular weight is 598 g/mol. The van der Waals surface area contributed by atoms with Crippen molar-refractivity contribution in [2.75, 3.05) is 23.8 Å². The number of carbonyl (C=O) groups is 1. The molecular weight excluding hydrogens is 571 g/mol. The fraction of sp³-hybridized carbons (Fsp3) is 0.269. The minimum atomic E-state index is -4.50. The summed E-state index contributed by atoms with van der Waals surface area (Å²) in [7, 11) is -8.06. The molecular formula is C26H26F3N3O6S2. The van der Waals surface area contributed by atoms with Gasteiger partial charge >= 0.3 is 12.2 Å². The number of aryl methyl sites for hydroxylation is 1. The van der Waals surface area contributed by atoms with Crippen molar-refractivity contribution in [3.63, 3.8) is 0 Å². The summed E-state index contributed by atoms with van der Waals surface area (Å²) in [5, 5.41) is 4.88. The van der Waals surface area contributed by atoms with Crippen molar-refractivity contribution in [3.8, 4) is 0 Å². The van der Waals surface area contributed by atoms with Crippen LogP contribution in [0.25, 0.3) is 0 Å². The molecule has 2 N–H and O–H groups in total. The Morgan fingerprint density at radius 3 is 1.95 bits per heavy atom. The average Bonchev–Trinajstić information content (AvgIpc) is 3.38. The van der Waals surface area contributed by atoms with Gasteiger partial charge in [0.15, 0.2) is 0 Å². The van der Waals surface area contributed by atoms with Crippen LogP contribution < -0.4 is 10.6 Å². The topological polar surface area (TPSA) is 122 Å². The van der Waals surface area contributed by atoms with Crippen LogP contribution in [0, 0.1) is 6.92 Å². The van der Waals surface area contributed by atoms with E-state index in [0.29, 0.717) is 12.8 Å². The smallest absolute Gasteiger partial charge is 0.308 e. The van der Waals surface area contributed by atoms with Crippen LogP contribution in [0.15, 0.2) is 82.6 Å². The van der Waals surface area contributed by atoms with Gasteiger partial charge in [-0.3, -0.25) is 4.18 Å². The number of rotatable bonds is 8. The van der Waals surface area contributed by atoms with E-state index in [2.05, 4.69) is 10.6 Å². The number of halogens is 3. The molecule has 1 aliphatic heterocycles. The van der Waals surface area contributed by atoms with E-state index in [4.69, 9.17) is 4.18 Å². The number of carbonyl (C=O) groups excluding carboxylic acids is 1. The SMILES string of the molecule is Cc1ccc(S(=O)(=O)OC[C@@H]2CCCN2S(=O)(=O)c2ccc(NC(=O)Nc3ccc(C(F)(F)F)cc3)cc2)cc1. The Bertz CT molecular complexity index is 1560. The predicted octanol–water partition coefficient (Wildman–Crippen LogP) is 5.22. The van der Waals surface area contributed by atoms with Gasteiger partial charge in [-0.05, 0) is 80.4 Å². The van der Waals surface area contributed by atoms with Gasteiger partial charge in [0.2, 0.25) is 10.0 Å². The van der Waals surface area contributed by atoms with Gasteiger partial charge in [-0.1, -0.05) is 17.7 Å². The molecule has 3 aromatic carbocycles. The molecule has 0 spiro atoms. The molecule has 14 heteroatoms. The highest BCUT2D eigenvalue weighted by Crippen LogP contribution is 2.30. The molecule has 0 aromatic heterocycles. The molecule has 0 aliphatic carbocycles. The van der Waals surface area contributed by atoms with E-state index in [0.717, 1.165) is 29.8 Å². The molecule has 2 amide bonds. The molecule has 9 nitrogen and oxygen atoms in total. The Morgan fingerprint density at radius 2 is 1.40 bits per heavy atom. The van der Waals surface area contributed by atoms with Crippen LogP contribution in [0.1, 0.15) is 24.0 Å². The van der Waals surface area contributed by atoms with Crippen molar-refractivity contribution < 1.29 is 39.0 Å². The van der Waals surface area contributed by atoms with Crippen LogP contribution in [0.4, 0.5) is 29.3 Å². The third-order valence-corrected chi connectivity index (χ3v) is 9.50. The third-order valence-electron chi connectivity index (χ3n) is 6.24. The van der Waals surface area contributed by atoms with Crippen LogP contribution in [0.3, 0.4) is 0 Å². The summed E-state index contributed by atoms with van der Waals surface area (Å²) in [5.41, 5.74) is 0.410. The maximum atomic E-state index is 13.3. The summed E-state index contributed by atoms with van der Waals surface area (Å²) in [6.07, 6.45) is -3.54. The standard InChI is InChI=1S/C26H26F3N3O6S2/c1-18-4-12-24(13-5-18)40(36,37)38-17-22-3-2-16-32(22)39(34,35)23-14-10-21(11-15-23)31-25(33)30-20-8-6-19(7-9-20)26(27,28)29/h4-15,22H,2-3,16-17H2,1H3,(H2,30,31,33)/t22-/m0/s1. The summed E-state index contributed by atoms with van der Waals surface area (Å²) >= 11 is 0. The van der Waals surface area contributed by atoms with Gasteiger partial charge in [-0.2, -0.15) is 25.9 Å². The molecule has 40 heavy (non-hydrogen) atoms. The van der Waals surface area contributed by atoms with Crippen molar-refractivity contribution in [2.45, 2.75) is 41.8 Å². The molecule has 0 bridgehead atoms. The van der Waals surface area contributed by atoms with Crippen LogP contribution in [0.2, 0.25) is 0 Å². The first-order valence-electron chi connectivity index (χ1n) is 12.1. The first-order valence-corrected chi connectivity index (χ1v) is 14.9. The lowest BCUT2D eigenvalue weighted by molar-refractivity contribution is -0.137. The van der Waals surface area contributed by atoms with E-state index in [1.807, 2.05) is 6.92 Å². The predicted molar refractivity (Wildman–Crippen MR) is 142 cm³/mol. The number of sulfonamides is 1. The van der Waals surface area contributed by atoms with Crippen LogP contribution in [-0.4, -0.2) is 46.4 Å². The van der Waals surface area contributed by atoms with Crippen molar-refractivity contribution >= 4 is 37.5 Å². The van der Waals surface area contributed by atoms with E-state index in [9.17, 15) is 34.8 Å². The van der Waals surface area contributed by atoms with Crippen molar-refractivity contribution in [1.29, 1.82) is 0 Å². The lowest BCUT2D eigenvalue weighted by Gasteiger charge is -2.24. The van der Waals surface area contributed by atoms with E-state index in [1.54, 1.807) is 12.1 Å². The third kappa shape index (κ3) is 6.99. The number of anilines is 2. The first kappa shape index (κ1) is 29.5. The molecule has 1 saturated heterocycles. The number of alkyl halides is 3. The highest BCUT2D eigenvalue weighted by Gasteiger charge is 2.36.